The zero-order valence-corrected chi connectivity index (χ0v) is 8.12. The molecule has 0 saturated heterocycles. The first kappa shape index (κ1) is 10.6. The monoisotopic (exact) mass is 197 g/mol. The van der Waals surface area contributed by atoms with Crippen molar-refractivity contribution in [3.63, 3.8) is 0 Å². The van der Waals surface area contributed by atoms with Crippen LogP contribution in [0.5, 0.6) is 0 Å². The van der Waals surface area contributed by atoms with Crippen LogP contribution in [0, 0.1) is 5.95 Å². The van der Waals surface area contributed by atoms with Gasteiger partial charge in [0.15, 0.2) is 0 Å². The molecule has 0 atom stereocenters. The van der Waals surface area contributed by atoms with Crippen molar-refractivity contribution in [1.82, 2.24) is 9.88 Å². The van der Waals surface area contributed by atoms with E-state index in [2.05, 4.69) is 10.3 Å². The van der Waals surface area contributed by atoms with Gasteiger partial charge in [-0.25, -0.2) is 4.98 Å². The fourth-order valence-electron chi connectivity index (χ4n) is 0.937. The first-order chi connectivity index (χ1) is 6.58. The molecule has 0 saturated carbocycles. The topological polar surface area (TPSA) is 45.2 Å². The van der Waals surface area contributed by atoms with Crippen LogP contribution in [0.1, 0.15) is 0 Å². The van der Waals surface area contributed by atoms with Crippen molar-refractivity contribution in [2.75, 3.05) is 26.0 Å². The fraction of sp³-hybridized carbons (Fsp3) is 0.333. The predicted octanol–water partition coefficient (Wildman–Crippen LogP) is 0.721. The number of amides is 1. The summed E-state index contributed by atoms with van der Waals surface area (Å²) in [5, 5.41) is 2.59. The molecule has 1 rings (SSSR count). The van der Waals surface area contributed by atoms with Gasteiger partial charge in [-0.3, -0.25) is 4.79 Å². The molecule has 0 aliphatic heterocycles. The predicted molar refractivity (Wildman–Crippen MR) is 51.4 cm³/mol. The van der Waals surface area contributed by atoms with Gasteiger partial charge >= 0.3 is 0 Å². The molecule has 1 amide bonds. The average molecular weight is 197 g/mol. The first-order valence-electron chi connectivity index (χ1n) is 4.14. The summed E-state index contributed by atoms with van der Waals surface area (Å²) in [4.78, 5) is 16.4. The van der Waals surface area contributed by atoms with Crippen LogP contribution < -0.4 is 5.32 Å². The zero-order valence-electron chi connectivity index (χ0n) is 8.12. The minimum Gasteiger partial charge on any atom is -0.324 e. The lowest BCUT2D eigenvalue weighted by molar-refractivity contribution is -0.116. The maximum Gasteiger partial charge on any atom is 0.238 e. The maximum absolute atomic E-state index is 12.4. The molecule has 1 aromatic heterocycles. The summed E-state index contributed by atoms with van der Waals surface area (Å²) in [6.45, 7) is 0.289. The van der Waals surface area contributed by atoms with Gasteiger partial charge < -0.3 is 10.2 Å². The molecule has 1 heterocycles. The van der Waals surface area contributed by atoms with Crippen LogP contribution in [0.4, 0.5) is 10.1 Å². The molecule has 0 unspecified atom stereocenters. The van der Waals surface area contributed by atoms with Crippen molar-refractivity contribution in [2.45, 2.75) is 0 Å². The van der Waals surface area contributed by atoms with Gasteiger partial charge in [0, 0.05) is 0 Å². The molecule has 4 nitrogen and oxygen atoms in total. The van der Waals surface area contributed by atoms with E-state index in [9.17, 15) is 9.18 Å². The molecule has 0 bridgehead atoms. The second kappa shape index (κ2) is 4.66. The number of aromatic nitrogens is 1. The molecule has 0 radical (unpaired) electrons. The van der Waals surface area contributed by atoms with Gasteiger partial charge in [-0.1, -0.05) is 0 Å². The summed E-state index contributed by atoms with van der Waals surface area (Å²) >= 11 is 0. The second-order valence-electron chi connectivity index (χ2n) is 3.16. The van der Waals surface area contributed by atoms with Gasteiger partial charge in [0.2, 0.25) is 11.9 Å². The molecule has 1 aromatic rings. The summed E-state index contributed by atoms with van der Waals surface area (Å²) in [6.07, 6.45) is 1.28. The Balaban J connectivity index is 2.52. The molecule has 0 fully saturated rings. The van der Waals surface area contributed by atoms with Crippen LogP contribution in [0.25, 0.3) is 0 Å². The minimum atomic E-state index is -0.560. The Morgan fingerprint density at radius 1 is 1.57 bits per heavy atom. The summed E-state index contributed by atoms with van der Waals surface area (Å²) in [6, 6.07) is 2.67. The minimum absolute atomic E-state index is 0.150. The number of carbonyl (C=O) groups excluding carboxylic acids is 1. The van der Waals surface area contributed by atoms with Crippen LogP contribution in [0.3, 0.4) is 0 Å². The number of halogens is 1. The molecule has 76 valence electrons. The smallest absolute Gasteiger partial charge is 0.238 e. The zero-order chi connectivity index (χ0) is 10.6. The number of nitrogens with one attached hydrogen (secondary N) is 1. The first-order valence-corrected chi connectivity index (χ1v) is 4.14. The fourth-order valence-corrected chi connectivity index (χ4v) is 0.937. The van der Waals surface area contributed by atoms with Crippen LogP contribution in [0.2, 0.25) is 0 Å². The van der Waals surface area contributed by atoms with Crippen LogP contribution in [-0.2, 0) is 4.79 Å². The Kier molecular flexibility index (Phi) is 3.53. The van der Waals surface area contributed by atoms with Crippen LogP contribution >= 0.6 is 0 Å². The molecule has 14 heavy (non-hydrogen) atoms. The number of likely N-dealkylation sites (N-methyl/N-ethyl adjacent to an activating group) is 1. The SMILES string of the molecule is CN(C)CC(=O)Nc1ccc(F)nc1. The highest BCUT2D eigenvalue weighted by Gasteiger charge is 2.03. The molecule has 0 aromatic carbocycles. The standard InChI is InChI=1S/C9H12FN3O/c1-13(2)6-9(14)12-7-3-4-8(10)11-5-7/h3-5H,6H2,1-2H3,(H,12,14). The number of carbonyl (C=O) groups is 1. The van der Waals surface area contributed by atoms with E-state index in [1.807, 2.05) is 0 Å². The van der Waals surface area contributed by atoms with Crippen molar-refractivity contribution in [3.8, 4) is 0 Å². The van der Waals surface area contributed by atoms with Crippen molar-refractivity contribution in [2.24, 2.45) is 0 Å². The molecule has 5 heteroatoms. The molecular weight excluding hydrogens is 185 g/mol. The molecule has 0 spiro atoms. The molecular formula is C9H12FN3O. The lowest BCUT2D eigenvalue weighted by Gasteiger charge is -2.09. The van der Waals surface area contributed by atoms with Crippen molar-refractivity contribution >= 4 is 11.6 Å². The lowest BCUT2D eigenvalue weighted by atomic mass is 10.4. The van der Waals surface area contributed by atoms with Gasteiger partial charge in [0.1, 0.15) is 0 Å². The third-order valence-corrected chi connectivity index (χ3v) is 1.47. The van der Waals surface area contributed by atoms with Crippen molar-refractivity contribution < 1.29 is 9.18 Å². The summed E-state index contributed by atoms with van der Waals surface area (Å²) in [5.74, 6) is -0.709. The Labute approximate surface area is 81.7 Å². The highest BCUT2D eigenvalue weighted by molar-refractivity contribution is 5.91. The van der Waals surface area contributed by atoms with Gasteiger partial charge in [-0.2, -0.15) is 4.39 Å². The van der Waals surface area contributed by atoms with Crippen LogP contribution in [-0.4, -0.2) is 36.4 Å². The number of nitrogens with zero attached hydrogens (tertiary/aromatic N) is 2. The van der Waals surface area contributed by atoms with Gasteiger partial charge in [-0.15, -0.1) is 0 Å². The van der Waals surface area contributed by atoms with E-state index >= 15 is 0 Å². The maximum atomic E-state index is 12.4. The number of anilines is 1. The number of pyridine rings is 1. The summed E-state index contributed by atoms with van der Waals surface area (Å²) in [7, 11) is 3.59. The van der Waals surface area contributed by atoms with Crippen molar-refractivity contribution in [3.05, 3.63) is 24.3 Å². The third kappa shape index (κ3) is 3.49. The lowest BCUT2D eigenvalue weighted by Crippen LogP contribution is -2.27. The van der Waals surface area contributed by atoms with E-state index in [4.69, 9.17) is 0 Å². The van der Waals surface area contributed by atoms with Crippen LogP contribution in [0.15, 0.2) is 18.3 Å². The summed E-state index contributed by atoms with van der Waals surface area (Å²) in [5.41, 5.74) is 0.498. The van der Waals surface area contributed by atoms with E-state index in [0.29, 0.717) is 5.69 Å². The number of hydrogen-bond donors (Lipinski definition) is 1. The Morgan fingerprint density at radius 2 is 2.29 bits per heavy atom. The van der Waals surface area contributed by atoms with E-state index in [0.717, 1.165) is 0 Å². The largest absolute Gasteiger partial charge is 0.324 e. The van der Waals surface area contributed by atoms with E-state index in [1.54, 1.807) is 19.0 Å². The average Bonchev–Trinajstić information content (AvgIpc) is 2.07. The Bertz CT molecular complexity index is 310. The van der Waals surface area contributed by atoms with E-state index in [1.165, 1.54) is 18.3 Å². The Hall–Kier alpha value is -1.49. The molecule has 1 N–H and O–H groups in total. The highest BCUT2D eigenvalue weighted by Crippen LogP contribution is 2.04. The Morgan fingerprint density at radius 3 is 2.79 bits per heavy atom. The highest BCUT2D eigenvalue weighted by atomic mass is 19.1. The number of rotatable bonds is 3. The van der Waals surface area contributed by atoms with Gasteiger partial charge in [-0.05, 0) is 26.2 Å². The third-order valence-electron chi connectivity index (χ3n) is 1.47. The molecule has 0 aliphatic carbocycles. The molecule has 0 aliphatic rings. The quantitative estimate of drug-likeness (QED) is 0.726. The van der Waals surface area contributed by atoms with Gasteiger partial charge in [0.05, 0.1) is 18.4 Å². The van der Waals surface area contributed by atoms with Crippen molar-refractivity contribution in [1.29, 1.82) is 0 Å². The van der Waals surface area contributed by atoms with E-state index < -0.39 is 5.95 Å². The number of hydrogen-bond acceptors (Lipinski definition) is 3. The summed E-state index contributed by atoms with van der Waals surface area (Å²) < 4.78 is 12.4. The second-order valence-corrected chi connectivity index (χ2v) is 3.16. The van der Waals surface area contributed by atoms with E-state index in [-0.39, 0.29) is 12.5 Å². The normalized spacial score (nSPS) is 10.3. The van der Waals surface area contributed by atoms with Gasteiger partial charge in [0.25, 0.3) is 0 Å².